The summed E-state index contributed by atoms with van der Waals surface area (Å²) in [6.45, 7) is 4.81. The number of hydrogen-bond acceptors (Lipinski definition) is 7. The summed E-state index contributed by atoms with van der Waals surface area (Å²) < 4.78 is 61.1. The van der Waals surface area contributed by atoms with E-state index in [2.05, 4.69) is 10.1 Å². The fourth-order valence-electron chi connectivity index (χ4n) is 3.44. The van der Waals surface area contributed by atoms with E-state index in [0.29, 0.717) is 5.56 Å². The number of alkyl halides is 3. The molecule has 1 saturated heterocycles. The Bertz CT molecular complexity index is 1080. The predicted octanol–water partition coefficient (Wildman–Crippen LogP) is 4.13. The number of hydrogen-bond donors (Lipinski definition) is 2. The molecule has 0 radical (unpaired) electrons. The lowest BCUT2D eigenvalue weighted by Crippen LogP contribution is -2.55. The highest BCUT2D eigenvalue weighted by Crippen LogP contribution is 2.40. The SMILES string of the molecule is CC(C)(C)OC(=O)N[C@H]1CSC2=C(F)C(C(=O)O)=CN(Cc3ccc(OC(F)(F)F)cc3)C2C1=O. The van der Waals surface area contributed by atoms with E-state index < -0.39 is 59.0 Å². The van der Waals surface area contributed by atoms with E-state index in [-0.39, 0.29) is 17.2 Å². The Hall–Kier alpha value is -3.22. The van der Waals surface area contributed by atoms with Crippen molar-refractivity contribution in [3.8, 4) is 5.75 Å². The van der Waals surface area contributed by atoms with Crippen LogP contribution in [0.5, 0.6) is 5.75 Å². The second kappa shape index (κ2) is 9.80. The van der Waals surface area contributed by atoms with Gasteiger partial charge in [-0.3, -0.25) is 4.79 Å². The van der Waals surface area contributed by atoms with Crippen LogP contribution in [-0.2, 0) is 20.9 Å². The van der Waals surface area contributed by atoms with E-state index in [1.807, 2.05) is 0 Å². The van der Waals surface area contributed by atoms with Crippen LogP contribution in [-0.4, -0.2) is 57.7 Å². The minimum atomic E-state index is -4.87. The molecule has 0 saturated carbocycles. The van der Waals surface area contributed by atoms with Crippen LogP contribution < -0.4 is 10.1 Å². The van der Waals surface area contributed by atoms with Gasteiger partial charge in [-0.25, -0.2) is 14.0 Å². The van der Waals surface area contributed by atoms with Crippen molar-refractivity contribution < 1.29 is 46.5 Å². The van der Waals surface area contributed by atoms with E-state index in [4.69, 9.17) is 4.74 Å². The third kappa shape index (κ3) is 6.68. The van der Waals surface area contributed by atoms with Gasteiger partial charge in [-0.15, -0.1) is 24.9 Å². The van der Waals surface area contributed by atoms with Crippen molar-refractivity contribution in [1.82, 2.24) is 10.2 Å². The number of carbonyl (C=O) groups excluding carboxylic acids is 2. The Balaban J connectivity index is 1.86. The Morgan fingerprint density at radius 3 is 2.37 bits per heavy atom. The highest BCUT2D eigenvalue weighted by molar-refractivity contribution is 8.03. The fraction of sp³-hybridized carbons (Fsp3) is 0.409. The van der Waals surface area contributed by atoms with Crippen molar-refractivity contribution in [2.45, 2.75) is 51.4 Å². The lowest BCUT2D eigenvalue weighted by atomic mass is 9.98. The van der Waals surface area contributed by atoms with Crippen LogP contribution >= 0.6 is 11.8 Å². The van der Waals surface area contributed by atoms with Crippen LogP contribution in [0.3, 0.4) is 0 Å². The molecule has 2 aliphatic heterocycles. The fourth-order valence-corrected chi connectivity index (χ4v) is 4.68. The van der Waals surface area contributed by atoms with Crippen LogP contribution in [0.1, 0.15) is 26.3 Å². The number of nitrogens with one attached hydrogen (secondary N) is 1. The molecule has 1 aromatic carbocycles. The van der Waals surface area contributed by atoms with Gasteiger partial charge < -0.3 is 24.8 Å². The van der Waals surface area contributed by atoms with Crippen molar-refractivity contribution in [2.24, 2.45) is 0 Å². The van der Waals surface area contributed by atoms with Crippen molar-refractivity contribution in [3.63, 3.8) is 0 Å². The van der Waals surface area contributed by atoms with Crippen molar-refractivity contribution in [1.29, 1.82) is 0 Å². The summed E-state index contributed by atoms with van der Waals surface area (Å²) in [7, 11) is 0. The molecule has 13 heteroatoms. The number of carboxylic acid groups (broad SMARTS) is 1. The number of alkyl carbamates (subject to hydrolysis) is 1. The molecular formula is C22H22F4N2O6S. The molecule has 190 valence electrons. The first-order valence-electron chi connectivity index (χ1n) is 10.3. The maximum atomic E-state index is 14.9. The first-order valence-corrected chi connectivity index (χ1v) is 11.2. The van der Waals surface area contributed by atoms with E-state index >= 15 is 0 Å². The van der Waals surface area contributed by atoms with Crippen LogP contribution in [0.4, 0.5) is 22.4 Å². The third-order valence-corrected chi connectivity index (χ3v) is 6.00. The number of amides is 1. The number of nitrogens with zero attached hydrogens (tertiary/aromatic N) is 1. The van der Waals surface area contributed by atoms with Gasteiger partial charge in [0.2, 0.25) is 0 Å². The van der Waals surface area contributed by atoms with E-state index in [0.717, 1.165) is 30.1 Å². The lowest BCUT2D eigenvalue weighted by Gasteiger charge is -2.40. The van der Waals surface area contributed by atoms with Crippen LogP contribution in [0.2, 0.25) is 0 Å². The van der Waals surface area contributed by atoms with Crippen LogP contribution in [0.15, 0.2) is 46.8 Å². The van der Waals surface area contributed by atoms with Crippen molar-refractivity contribution in [2.75, 3.05) is 5.75 Å². The van der Waals surface area contributed by atoms with Gasteiger partial charge in [-0.2, -0.15) is 0 Å². The number of aliphatic carboxylic acids is 1. The largest absolute Gasteiger partial charge is 0.573 e. The number of ether oxygens (including phenoxy) is 2. The molecule has 2 atom stereocenters. The molecule has 1 aromatic rings. The number of benzene rings is 1. The van der Waals surface area contributed by atoms with E-state index in [1.165, 1.54) is 17.0 Å². The average molecular weight is 518 g/mol. The molecule has 2 heterocycles. The zero-order valence-electron chi connectivity index (χ0n) is 18.8. The number of carboxylic acids is 1. The van der Waals surface area contributed by atoms with E-state index in [9.17, 15) is 37.1 Å². The third-order valence-electron chi connectivity index (χ3n) is 4.79. The number of Topliss-reactive ketones (excluding diaryl/α,β-unsaturated/α-hetero) is 1. The monoisotopic (exact) mass is 518 g/mol. The summed E-state index contributed by atoms with van der Waals surface area (Å²) in [6.07, 6.45) is -4.74. The minimum Gasteiger partial charge on any atom is -0.478 e. The molecule has 2 aliphatic rings. The standard InChI is InChI=1S/C22H22F4N2O6S/c1-21(2,3)34-20(32)27-14-10-35-18-15(23)13(19(30)31)9-28(16(18)17(14)29)8-11-4-6-12(7-5-11)33-22(24,25)26/h4-7,9,14,16H,8,10H2,1-3H3,(H,27,32)(H,30,31)/t14-,16?/m0/s1. The highest BCUT2D eigenvalue weighted by Gasteiger charge is 2.44. The normalized spacial score (nSPS) is 20.7. The van der Waals surface area contributed by atoms with Gasteiger partial charge in [0.25, 0.3) is 0 Å². The van der Waals surface area contributed by atoms with Gasteiger partial charge in [0.15, 0.2) is 11.6 Å². The number of ketones is 1. The van der Waals surface area contributed by atoms with Crippen molar-refractivity contribution >= 4 is 29.6 Å². The summed E-state index contributed by atoms with van der Waals surface area (Å²) in [5.74, 6) is -3.69. The van der Waals surface area contributed by atoms with Gasteiger partial charge in [0, 0.05) is 18.5 Å². The molecule has 0 aliphatic carbocycles. The second-order valence-corrected chi connectivity index (χ2v) is 9.77. The Labute approximate surface area is 201 Å². The molecular weight excluding hydrogens is 496 g/mol. The second-order valence-electron chi connectivity index (χ2n) is 8.70. The topological polar surface area (TPSA) is 105 Å². The van der Waals surface area contributed by atoms with Gasteiger partial charge in [-0.1, -0.05) is 12.1 Å². The van der Waals surface area contributed by atoms with Gasteiger partial charge >= 0.3 is 18.4 Å². The smallest absolute Gasteiger partial charge is 0.478 e. The molecule has 8 nitrogen and oxygen atoms in total. The first kappa shape index (κ1) is 26.4. The zero-order chi connectivity index (χ0) is 26.1. The van der Waals surface area contributed by atoms with Gasteiger partial charge in [0.1, 0.15) is 29.0 Å². The molecule has 2 N–H and O–H groups in total. The van der Waals surface area contributed by atoms with Gasteiger partial charge in [0.05, 0.1) is 4.91 Å². The number of halogens is 4. The van der Waals surface area contributed by atoms with Crippen LogP contribution in [0, 0.1) is 0 Å². The maximum Gasteiger partial charge on any atom is 0.573 e. The lowest BCUT2D eigenvalue weighted by molar-refractivity contribution is -0.274. The summed E-state index contributed by atoms with van der Waals surface area (Å²) in [6, 6.07) is 2.46. The quantitative estimate of drug-likeness (QED) is 0.561. The molecule has 1 fully saturated rings. The number of rotatable bonds is 5. The average Bonchev–Trinajstić information content (AvgIpc) is 2.70. The van der Waals surface area contributed by atoms with Crippen molar-refractivity contribution in [3.05, 3.63) is 52.3 Å². The zero-order valence-corrected chi connectivity index (χ0v) is 19.6. The molecule has 3 rings (SSSR count). The Kier molecular flexibility index (Phi) is 7.39. The van der Waals surface area contributed by atoms with E-state index in [1.54, 1.807) is 20.8 Å². The first-order chi connectivity index (χ1) is 16.1. The maximum absolute atomic E-state index is 14.9. The molecule has 1 amide bonds. The predicted molar refractivity (Wildman–Crippen MR) is 117 cm³/mol. The number of thioether (sulfide) groups is 1. The molecule has 1 unspecified atom stereocenters. The molecule has 0 aromatic heterocycles. The minimum absolute atomic E-state index is 0.0401. The number of fused-ring (bicyclic) bond motifs is 1. The summed E-state index contributed by atoms with van der Waals surface area (Å²) in [4.78, 5) is 38.2. The Morgan fingerprint density at radius 1 is 1.20 bits per heavy atom. The molecule has 0 spiro atoms. The number of carbonyl (C=O) groups is 3. The van der Waals surface area contributed by atoms with Gasteiger partial charge in [-0.05, 0) is 38.5 Å². The highest BCUT2D eigenvalue weighted by atomic mass is 32.2. The molecule has 35 heavy (non-hydrogen) atoms. The van der Waals surface area contributed by atoms with Crippen LogP contribution in [0.25, 0.3) is 0 Å². The Morgan fingerprint density at radius 2 is 1.83 bits per heavy atom. The molecule has 0 bridgehead atoms. The summed E-state index contributed by atoms with van der Waals surface area (Å²) in [5.41, 5.74) is -1.07. The summed E-state index contributed by atoms with van der Waals surface area (Å²) in [5, 5.41) is 11.9. The summed E-state index contributed by atoms with van der Waals surface area (Å²) >= 11 is 0.894.